The van der Waals surface area contributed by atoms with Gasteiger partial charge in [0, 0.05) is 17.3 Å². The van der Waals surface area contributed by atoms with Crippen LogP contribution in [0.25, 0.3) is 0 Å². The van der Waals surface area contributed by atoms with Gasteiger partial charge in [0.1, 0.15) is 11.5 Å². The van der Waals surface area contributed by atoms with Gasteiger partial charge in [-0.25, -0.2) is 0 Å². The third-order valence-electron chi connectivity index (χ3n) is 2.28. The average molecular weight is 270 g/mol. The monoisotopic (exact) mass is 269 g/mol. The number of rotatable bonds is 3. The maximum atomic E-state index is 12.8. The van der Waals surface area contributed by atoms with Gasteiger partial charge in [-0.3, -0.25) is 0 Å². The Morgan fingerprint density at radius 2 is 1.67 bits per heavy atom. The van der Waals surface area contributed by atoms with Crippen LogP contribution < -0.4 is 10.5 Å². The highest BCUT2D eigenvalue weighted by atomic mass is 35.5. The van der Waals surface area contributed by atoms with E-state index in [0.717, 1.165) is 0 Å². The maximum Gasteiger partial charge on any atom is 0.348 e. The molecule has 2 aromatic carbocycles. The number of hydrogen-bond donors (Lipinski definition) is 1. The molecule has 0 aliphatic heterocycles. The predicted molar refractivity (Wildman–Crippen MR) is 67.1 cm³/mol. The van der Waals surface area contributed by atoms with Gasteiger partial charge in [0.15, 0.2) is 0 Å². The summed E-state index contributed by atoms with van der Waals surface area (Å²) in [6, 6.07) is 12.1. The molecular formula is C13H10ClF2NO. The molecule has 2 N–H and O–H groups in total. The SMILES string of the molecule is Nc1cccc(Oc2ccc(C(F)(F)Cl)cc2)c1. The van der Waals surface area contributed by atoms with Gasteiger partial charge < -0.3 is 10.5 Å². The van der Waals surface area contributed by atoms with Gasteiger partial charge in [-0.1, -0.05) is 6.07 Å². The van der Waals surface area contributed by atoms with E-state index in [1.165, 1.54) is 24.3 Å². The first kappa shape index (κ1) is 12.6. The molecule has 0 atom stereocenters. The molecule has 2 aromatic rings. The number of anilines is 1. The van der Waals surface area contributed by atoms with Crippen molar-refractivity contribution in [1.82, 2.24) is 0 Å². The minimum Gasteiger partial charge on any atom is -0.457 e. The number of hydrogen-bond acceptors (Lipinski definition) is 2. The van der Waals surface area contributed by atoms with Crippen LogP contribution >= 0.6 is 11.6 Å². The molecule has 2 nitrogen and oxygen atoms in total. The molecule has 18 heavy (non-hydrogen) atoms. The average Bonchev–Trinajstić information content (AvgIpc) is 2.28. The van der Waals surface area contributed by atoms with Gasteiger partial charge in [-0.15, -0.1) is 0 Å². The van der Waals surface area contributed by atoms with Crippen LogP contribution in [0.15, 0.2) is 48.5 Å². The summed E-state index contributed by atoms with van der Waals surface area (Å²) < 4.78 is 31.0. The molecule has 0 saturated carbocycles. The van der Waals surface area contributed by atoms with E-state index < -0.39 is 5.38 Å². The third kappa shape index (κ3) is 3.11. The van der Waals surface area contributed by atoms with Crippen molar-refractivity contribution in [2.45, 2.75) is 5.38 Å². The maximum absolute atomic E-state index is 12.8. The van der Waals surface area contributed by atoms with E-state index in [1.807, 2.05) is 0 Å². The van der Waals surface area contributed by atoms with Gasteiger partial charge in [-0.2, -0.15) is 8.78 Å². The Kier molecular flexibility index (Phi) is 3.39. The lowest BCUT2D eigenvalue weighted by atomic mass is 10.2. The number of halogens is 3. The summed E-state index contributed by atoms with van der Waals surface area (Å²) in [7, 11) is 0. The normalized spacial score (nSPS) is 11.3. The van der Waals surface area contributed by atoms with Crippen molar-refractivity contribution in [3.05, 3.63) is 54.1 Å². The fourth-order valence-corrected chi connectivity index (χ4v) is 1.55. The van der Waals surface area contributed by atoms with Gasteiger partial charge in [0.05, 0.1) is 0 Å². The highest BCUT2D eigenvalue weighted by Crippen LogP contribution is 2.33. The minimum atomic E-state index is -3.37. The number of nitrogen functional groups attached to an aromatic ring is 1. The van der Waals surface area contributed by atoms with Crippen molar-refractivity contribution in [1.29, 1.82) is 0 Å². The van der Waals surface area contributed by atoms with Crippen molar-refractivity contribution in [3.63, 3.8) is 0 Å². The summed E-state index contributed by atoms with van der Waals surface area (Å²) in [6.07, 6.45) is 0. The zero-order chi connectivity index (χ0) is 13.2. The van der Waals surface area contributed by atoms with Crippen LogP contribution in [0, 0.1) is 0 Å². The molecule has 0 amide bonds. The molecule has 0 fully saturated rings. The smallest absolute Gasteiger partial charge is 0.348 e. The van der Waals surface area contributed by atoms with Crippen LogP contribution in [0.1, 0.15) is 5.56 Å². The Bertz CT molecular complexity index is 537. The second-order valence-corrected chi connectivity index (χ2v) is 4.17. The minimum absolute atomic E-state index is 0.274. The van der Waals surface area contributed by atoms with Crippen molar-refractivity contribution < 1.29 is 13.5 Å². The Labute approximate surface area is 108 Å². The molecule has 94 valence electrons. The molecule has 0 saturated heterocycles. The van der Waals surface area contributed by atoms with Gasteiger partial charge in [0.25, 0.3) is 0 Å². The molecule has 0 aliphatic rings. The number of nitrogens with two attached hydrogens (primary N) is 1. The standard InChI is InChI=1S/C13H10ClF2NO/c14-13(15,16)9-4-6-11(7-5-9)18-12-3-1-2-10(17)8-12/h1-8H,17H2. The third-order valence-corrected chi connectivity index (χ3v) is 2.49. The molecule has 0 aromatic heterocycles. The second kappa shape index (κ2) is 4.82. The lowest BCUT2D eigenvalue weighted by molar-refractivity contribution is 0.0951. The fourth-order valence-electron chi connectivity index (χ4n) is 1.43. The molecule has 5 heteroatoms. The molecule has 0 radical (unpaired) electrons. The van der Waals surface area contributed by atoms with Crippen LogP contribution in [0.5, 0.6) is 11.5 Å². The Morgan fingerprint density at radius 3 is 2.22 bits per heavy atom. The van der Waals surface area contributed by atoms with E-state index in [2.05, 4.69) is 0 Å². The number of benzene rings is 2. The molecule has 0 aliphatic carbocycles. The molecular weight excluding hydrogens is 260 g/mol. The van der Waals surface area contributed by atoms with Crippen molar-refractivity contribution in [2.24, 2.45) is 0 Å². The van der Waals surface area contributed by atoms with Crippen LogP contribution in [0.4, 0.5) is 14.5 Å². The first-order chi connectivity index (χ1) is 8.45. The van der Waals surface area contributed by atoms with Crippen LogP contribution in [0.3, 0.4) is 0 Å². The lowest BCUT2D eigenvalue weighted by Gasteiger charge is -2.10. The predicted octanol–water partition coefficient (Wildman–Crippen LogP) is 4.35. The van der Waals surface area contributed by atoms with Gasteiger partial charge in [0.2, 0.25) is 0 Å². The summed E-state index contributed by atoms with van der Waals surface area (Å²) in [4.78, 5) is 0. The summed E-state index contributed by atoms with van der Waals surface area (Å²) >= 11 is 4.90. The number of alkyl halides is 3. The van der Waals surface area contributed by atoms with E-state index in [9.17, 15) is 8.78 Å². The van der Waals surface area contributed by atoms with Crippen molar-refractivity contribution in [2.75, 3.05) is 5.73 Å². The molecule has 0 heterocycles. The van der Waals surface area contributed by atoms with E-state index >= 15 is 0 Å². The van der Waals surface area contributed by atoms with Gasteiger partial charge >= 0.3 is 5.38 Å². The highest BCUT2D eigenvalue weighted by Gasteiger charge is 2.27. The van der Waals surface area contributed by atoms with Crippen molar-refractivity contribution >= 4 is 17.3 Å². The Morgan fingerprint density at radius 1 is 1.00 bits per heavy atom. The molecule has 2 rings (SSSR count). The van der Waals surface area contributed by atoms with Crippen molar-refractivity contribution in [3.8, 4) is 11.5 Å². The Balaban J connectivity index is 2.16. The number of ether oxygens (including phenoxy) is 1. The molecule has 0 bridgehead atoms. The van der Waals surface area contributed by atoms with Crippen LogP contribution in [-0.4, -0.2) is 0 Å². The second-order valence-electron chi connectivity index (χ2n) is 3.70. The fraction of sp³-hybridized carbons (Fsp3) is 0.0769. The van der Waals surface area contributed by atoms with E-state index in [-0.39, 0.29) is 5.56 Å². The molecule has 0 unspecified atom stereocenters. The van der Waals surface area contributed by atoms with E-state index in [4.69, 9.17) is 22.1 Å². The zero-order valence-electron chi connectivity index (χ0n) is 9.24. The summed E-state index contributed by atoms with van der Waals surface area (Å²) in [6.45, 7) is 0. The van der Waals surface area contributed by atoms with E-state index in [1.54, 1.807) is 24.3 Å². The largest absolute Gasteiger partial charge is 0.457 e. The highest BCUT2D eigenvalue weighted by molar-refractivity contribution is 6.21. The van der Waals surface area contributed by atoms with Crippen LogP contribution in [0.2, 0.25) is 0 Å². The summed E-state index contributed by atoms with van der Waals surface area (Å²) in [5.41, 5.74) is 5.89. The molecule has 0 spiro atoms. The summed E-state index contributed by atoms with van der Waals surface area (Å²) in [5, 5.41) is -3.37. The Hall–Kier alpha value is -1.81. The zero-order valence-corrected chi connectivity index (χ0v) is 9.99. The van der Waals surface area contributed by atoms with Gasteiger partial charge in [-0.05, 0) is 48.0 Å². The van der Waals surface area contributed by atoms with E-state index in [0.29, 0.717) is 17.2 Å². The first-order valence-corrected chi connectivity index (χ1v) is 5.53. The summed E-state index contributed by atoms with van der Waals surface area (Å²) in [5.74, 6) is 0.977. The quantitative estimate of drug-likeness (QED) is 0.664. The first-order valence-electron chi connectivity index (χ1n) is 5.16. The lowest BCUT2D eigenvalue weighted by Crippen LogP contribution is -2.02. The topological polar surface area (TPSA) is 35.2 Å². The van der Waals surface area contributed by atoms with Crippen LogP contribution in [-0.2, 0) is 5.38 Å².